The van der Waals surface area contributed by atoms with Gasteiger partial charge in [-0.25, -0.2) is 8.42 Å². The molecule has 0 aliphatic carbocycles. The van der Waals surface area contributed by atoms with E-state index >= 15 is 0 Å². The van der Waals surface area contributed by atoms with Crippen LogP contribution in [0.25, 0.3) is 0 Å². The topological polar surface area (TPSA) is 73.2 Å². The average Bonchev–Trinajstić information content (AvgIpc) is 2.48. The Morgan fingerprint density at radius 1 is 1.48 bits per heavy atom. The molecule has 0 aromatic heterocycles. The normalized spacial score (nSPS) is 19.4. The molecule has 1 heterocycles. The van der Waals surface area contributed by atoms with Crippen LogP contribution in [0.1, 0.15) is 30.9 Å². The third-order valence-corrected chi connectivity index (χ3v) is 5.72. The highest BCUT2D eigenvalue weighted by Gasteiger charge is 2.29. The zero-order valence-electron chi connectivity index (χ0n) is 12.2. The van der Waals surface area contributed by atoms with Crippen molar-refractivity contribution in [1.29, 1.82) is 5.26 Å². The number of sulfonamides is 1. The number of hydrogen-bond acceptors (Lipinski definition) is 4. The molecule has 1 aliphatic heterocycles. The van der Waals surface area contributed by atoms with Crippen LogP contribution >= 0.6 is 0 Å². The zero-order valence-corrected chi connectivity index (χ0v) is 13.1. The molecule has 2 rings (SSSR count). The lowest BCUT2D eigenvalue weighted by Crippen LogP contribution is -2.48. The van der Waals surface area contributed by atoms with E-state index in [2.05, 4.69) is 5.32 Å². The third kappa shape index (κ3) is 4.03. The van der Waals surface area contributed by atoms with Crippen LogP contribution in [0.4, 0.5) is 0 Å². The summed E-state index contributed by atoms with van der Waals surface area (Å²) < 4.78 is 26.9. The molecule has 0 bridgehead atoms. The van der Waals surface area contributed by atoms with E-state index in [0.717, 1.165) is 19.4 Å². The van der Waals surface area contributed by atoms with Gasteiger partial charge in [-0.3, -0.25) is 0 Å². The molecule has 1 saturated heterocycles. The van der Waals surface area contributed by atoms with Crippen LogP contribution < -0.4 is 5.32 Å². The highest BCUT2D eigenvalue weighted by molar-refractivity contribution is 7.88. The number of nitrogens with zero attached hydrogens (tertiary/aromatic N) is 2. The van der Waals surface area contributed by atoms with Gasteiger partial charge in [0.15, 0.2) is 0 Å². The summed E-state index contributed by atoms with van der Waals surface area (Å²) in [5.41, 5.74) is 1.15. The number of rotatable bonds is 5. The Morgan fingerprint density at radius 2 is 2.29 bits per heavy atom. The van der Waals surface area contributed by atoms with Crippen LogP contribution in [-0.2, 0) is 15.8 Å². The third-order valence-electron chi connectivity index (χ3n) is 3.75. The first-order valence-electron chi connectivity index (χ1n) is 7.26. The Labute approximate surface area is 126 Å². The molecule has 0 amide bonds. The molecule has 0 saturated carbocycles. The number of benzene rings is 1. The van der Waals surface area contributed by atoms with Crippen LogP contribution in [0.15, 0.2) is 24.3 Å². The van der Waals surface area contributed by atoms with Crippen molar-refractivity contribution in [2.75, 3.05) is 19.6 Å². The Kier molecular flexibility index (Phi) is 5.34. The van der Waals surface area contributed by atoms with Crippen molar-refractivity contribution in [2.45, 2.75) is 31.6 Å². The van der Waals surface area contributed by atoms with Crippen molar-refractivity contribution in [2.24, 2.45) is 0 Å². The minimum atomic E-state index is -3.37. The largest absolute Gasteiger partial charge is 0.315 e. The minimum absolute atomic E-state index is 0.0351. The summed E-state index contributed by atoms with van der Waals surface area (Å²) >= 11 is 0. The van der Waals surface area contributed by atoms with Gasteiger partial charge < -0.3 is 5.32 Å². The Balaban J connectivity index is 2.17. The van der Waals surface area contributed by atoms with E-state index in [9.17, 15) is 8.42 Å². The summed E-state index contributed by atoms with van der Waals surface area (Å²) in [6.45, 7) is 4.02. The maximum atomic E-state index is 12.6. The molecule has 1 aromatic rings. The summed E-state index contributed by atoms with van der Waals surface area (Å²) in [5.74, 6) is -0.0488. The summed E-state index contributed by atoms with van der Waals surface area (Å²) in [4.78, 5) is 0. The molecule has 1 atom stereocenters. The molecule has 5 nitrogen and oxygen atoms in total. The fourth-order valence-electron chi connectivity index (χ4n) is 2.79. The van der Waals surface area contributed by atoms with Gasteiger partial charge in [-0.15, -0.1) is 0 Å². The molecule has 1 unspecified atom stereocenters. The lowest BCUT2D eigenvalue weighted by Gasteiger charge is -2.33. The second kappa shape index (κ2) is 7.03. The molecule has 114 valence electrons. The standard InChI is InChI=1S/C15H21N3O2S/c1-2-18(15-7-4-8-17-11-15)21(19,20)12-14-6-3-5-13(9-14)10-16/h3,5-6,9,15,17H,2,4,7-8,11-12H2,1H3. The van der Waals surface area contributed by atoms with Crippen molar-refractivity contribution >= 4 is 10.0 Å². The molecule has 1 N–H and O–H groups in total. The van der Waals surface area contributed by atoms with Crippen LogP contribution in [0.5, 0.6) is 0 Å². The SMILES string of the molecule is CCN(C1CCCNC1)S(=O)(=O)Cc1cccc(C#N)c1. The van der Waals surface area contributed by atoms with Gasteiger partial charge >= 0.3 is 0 Å². The Morgan fingerprint density at radius 3 is 2.90 bits per heavy atom. The molecule has 1 aliphatic rings. The van der Waals surface area contributed by atoms with Crippen molar-refractivity contribution in [3.8, 4) is 6.07 Å². The number of piperidine rings is 1. The first-order chi connectivity index (χ1) is 10.1. The summed E-state index contributed by atoms with van der Waals surface area (Å²) in [6.07, 6.45) is 1.90. The quantitative estimate of drug-likeness (QED) is 0.894. The van der Waals surface area contributed by atoms with E-state index < -0.39 is 10.0 Å². The number of likely N-dealkylation sites (N-methyl/N-ethyl adjacent to an activating group) is 1. The molecular weight excluding hydrogens is 286 g/mol. The Hall–Kier alpha value is -1.42. The monoisotopic (exact) mass is 307 g/mol. The predicted octanol–water partition coefficient (Wildman–Crippen LogP) is 1.46. The molecule has 1 fully saturated rings. The zero-order chi connectivity index (χ0) is 15.3. The van der Waals surface area contributed by atoms with Crippen LogP contribution in [0.3, 0.4) is 0 Å². The van der Waals surface area contributed by atoms with Gasteiger partial charge in [-0.2, -0.15) is 9.57 Å². The van der Waals surface area contributed by atoms with Gasteiger partial charge in [0.2, 0.25) is 10.0 Å². The summed E-state index contributed by atoms with van der Waals surface area (Å²) in [6, 6.07) is 8.88. The molecular formula is C15H21N3O2S. The van der Waals surface area contributed by atoms with E-state index in [1.54, 1.807) is 28.6 Å². The first-order valence-corrected chi connectivity index (χ1v) is 8.87. The van der Waals surface area contributed by atoms with Crippen LogP contribution in [0, 0.1) is 11.3 Å². The van der Waals surface area contributed by atoms with E-state index in [-0.39, 0.29) is 11.8 Å². The van der Waals surface area contributed by atoms with E-state index in [1.807, 2.05) is 13.0 Å². The smallest absolute Gasteiger partial charge is 0.218 e. The lowest BCUT2D eigenvalue weighted by atomic mass is 10.1. The number of nitriles is 1. The second-order valence-corrected chi connectivity index (χ2v) is 7.19. The molecule has 21 heavy (non-hydrogen) atoms. The van der Waals surface area contributed by atoms with Gasteiger partial charge in [0.1, 0.15) is 0 Å². The lowest BCUT2D eigenvalue weighted by molar-refractivity contribution is 0.274. The van der Waals surface area contributed by atoms with Gasteiger partial charge in [-0.05, 0) is 37.1 Å². The maximum Gasteiger partial charge on any atom is 0.218 e. The van der Waals surface area contributed by atoms with E-state index in [0.29, 0.717) is 24.2 Å². The van der Waals surface area contributed by atoms with Gasteiger partial charge in [-0.1, -0.05) is 19.1 Å². The molecule has 0 spiro atoms. The fraction of sp³-hybridized carbons (Fsp3) is 0.533. The highest BCUT2D eigenvalue weighted by Crippen LogP contribution is 2.18. The maximum absolute atomic E-state index is 12.6. The predicted molar refractivity (Wildman–Crippen MR) is 82.1 cm³/mol. The van der Waals surface area contributed by atoms with Crippen molar-refractivity contribution in [3.05, 3.63) is 35.4 Å². The van der Waals surface area contributed by atoms with Gasteiger partial charge in [0, 0.05) is 19.1 Å². The van der Waals surface area contributed by atoms with E-state index in [1.165, 1.54) is 0 Å². The summed E-state index contributed by atoms with van der Waals surface area (Å²) in [5, 5.41) is 12.2. The van der Waals surface area contributed by atoms with E-state index in [4.69, 9.17) is 5.26 Å². The van der Waals surface area contributed by atoms with Gasteiger partial charge in [0.25, 0.3) is 0 Å². The summed E-state index contributed by atoms with van der Waals surface area (Å²) in [7, 11) is -3.37. The number of nitrogens with one attached hydrogen (secondary N) is 1. The molecule has 0 radical (unpaired) electrons. The minimum Gasteiger partial charge on any atom is -0.315 e. The Bertz CT molecular complexity index is 616. The highest BCUT2D eigenvalue weighted by atomic mass is 32.2. The van der Waals surface area contributed by atoms with Crippen LogP contribution in [-0.4, -0.2) is 38.4 Å². The van der Waals surface area contributed by atoms with Crippen molar-refractivity contribution in [3.63, 3.8) is 0 Å². The van der Waals surface area contributed by atoms with Crippen molar-refractivity contribution in [1.82, 2.24) is 9.62 Å². The first kappa shape index (κ1) is 16.0. The van der Waals surface area contributed by atoms with Gasteiger partial charge in [0.05, 0.1) is 17.4 Å². The number of hydrogen-bond donors (Lipinski definition) is 1. The fourth-order valence-corrected chi connectivity index (χ4v) is 4.58. The second-order valence-electron chi connectivity index (χ2n) is 5.27. The van der Waals surface area contributed by atoms with Crippen molar-refractivity contribution < 1.29 is 8.42 Å². The molecule has 1 aromatic carbocycles. The molecule has 6 heteroatoms. The van der Waals surface area contributed by atoms with Crippen LogP contribution in [0.2, 0.25) is 0 Å². The average molecular weight is 307 g/mol.